The third kappa shape index (κ3) is 5.22. The number of quaternary nitrogens is 1. The van der Waals surface area contributed by atoms with Crippen LogP contribution in [-0.4, -0.2) is 42.9 Å². The first kappa shape index (κ1) is 20.6. The molecule has 1 aromatic carbocycles. The molecule has 0 saturated heterocycles. The zero-order chi connectivity index (χ0) is 20.3. The number of nitrogens with one attached hydrogen (secondary N) is 2. The van der Waals surface area contributed by atoms with Gasteiger partial charge in [-0.05, 0) is 70.4 Å². The van der Waals surface area contributed by atoms with Crippen LogP contribution >= 0.6 is 0 Å². The van der Waals surface area contributed by atoms with Crippen molar-refractivity contribution in [1.29, 1.82) is 0 Å². The Morgan fingerprint density at radius 1 is 1.11 bits per heavy atom. The molecule has 5 nitrogen and oxygen atoms in total. The van der Waals surface area contributed by atoms with Gasteiger partial charge in [-0.3, -0.25) is 9.59 Å². The molecular weight excluding hydrogens is 350 g/mol. The highest BCUT2D eigenvalue weighted by Crippen LogP contribution is 2.33. The van der Waals surface area contributed by atoms with Crippen LogP contribution in [0.15, 0.2) is 23.9 Å². The Labute approximate surface area is 168 Å². The topological polar surface area (TPSA) is 53.9 Å². The molecule has 1 aromatic rings. The molecule has 0 aliphatic heterocycles. The van der Waals surface area contributed by atoms with Gasteiger partial charge in [-0.2, -0.15) is 0 Å². The van der Waals surface area contributed by atoms with E-state index in [1.165, 1.54) is 24.1 Å². The van der Waals surface area contributed by atoms with Crippen molar-refractivity contribution in [2.24, 2.45) is 0 Å². The number of hydrogen-bond donors (Lipinski definition) is 2. The van der Waals surface area contributed by atoms with E-state index in [0.717, 1.165) is 47.4 Å². The molecule has 152 valence electrons. The molecule has 1 unspecified atom stereocenters. The highest BCUT2D eigenvalue weighted by Gasteiger charge is 2.36. The second-order valence-corrected chi connectivity index (χ2v) is 8.57. The molecule has 3 rings (SSSR count). The van der Waals surface area contributed by atoms with E-state index in [-0.39, 0.29) is 18.4 Å². The molecule has 2 N–H and O–H groups in total. The van der Waals surface area contributed by atoms with Gasteiger partial charge in [0.2, 0.25) is 0 Å². The molecule has 0 bridgehead atoms. The first-order chi connectivity index (χ1) is 13.3. The summed E-state index contributed by atoms with van der Waals surface area (Å²) < 4.78 is 0. The molecular formula is C23H34N3O2+. The number of amides is 2. The Kier molecular flexibility index (Phi) is 6.55. The number of benzene rings is 1. The van der Waals surface area contributed by atoms with Gasteiger partial charge in [0.1, 0.15) is 0 Å². The molecule has 5 heteroatoms. The van der Waals surface area contributed by atoms with Gasteiger partial charge in [-0.1, -0.05) is 23.8 Å². The molecule has 0 aromatic heterocycles. The summed E-state index contributed by atoms with van der Waals surface area (Å²) in [6, 6.07) is 4.54. The lowest BCUT2D eigenvalue weighted by Crippen LogP contribution is -3.11. The molecule has 28 heavy (non-hydrogen) atoms. The van der Waals surface area contributed by atoms with E-state index in [9.17, 15) is 9.59 Å². The van der Waals surface area contributed by atoms with E-state index in [1.807, 2.05) is 25.8 Å². The number of carbonyl (C=O) groups excluding carboxylic acids is 2. The number of nitrogens with zero attached hydrogens (tertiary/aromatic N) is 1. The van der Waals surface area contributed by atoms with Gasteiger partial charge < -0.3 is 15.1 Å². The Morgan fingerprint density at radius 3 is 2.36 bits per heavy atom. The number of rotatable bonds is 7. The lowest BCUT2D eigenvalue weighted by atomic mass is 10.0. The van der Waals surface area contributed by atoms with Gasteiger partial charge in [0.05, 0.1) is 7.05 Å². The van der Waals surface area contributed by atoms with Crippen LogP contribution in [0.1, 0.15) is 55.2 Å². The highest BCUT2D eigenvalue weighted by atomic mass is 16.2. The lowest BCUT2D eigenvalue weighted by Gasteiger charge is -2.28. The maximum atomic E-state index is 13.0. The van der Waals surface area contributed by atoms with Crippen LogP contribution in [-0.2, 0) is 9.59 Å². The first-order valence-corrected chi connectivity index (χ1v) is 10.5. The van der Waals surface area contributed by atoms with E-state index in [0.29, 0.717) is 12.6 Å². The minimum Gasteiger partial charge on any atom is -0.322 e. The number of allylic oxidation sites excluding steroid dienone is 2. The fourth-order valence-corrected chi connectivity index (χ4v) is 4.21. The summed E-state index contributed by atoms with van der Waals surface area (Å²) in [6.45, 7) is 6.73. The van der Waals surface area contributed by atoms with E-state index in [1.54, 1.807) is 0 Å². The molecule has 0 heterocycles. The fourth-order valence-electron chi connectivity index (χ4n) is 4.21. The Balaban J connectivity index is 1.57. The van der Waals surface area contributed by atoms with Gasteiger partial charge in [0.25, 0.3) is 11.8 Å². The Bertz CT molecular complexity index is 757. The summed E-state index contributed by atoms with van der Waals surface area (Å²) in [5.41, 5.74) is 5.44. The van der Waals surface area contributed by atoms with Gasteiger partial charge in [0.15, 0.2) is 13.1 Å². The fraction of sp³-hybridized carbons (Fsp3) is 0.565. The summed E-state index contributed by atoms with van der Waals surface area (Å²) in [7, 11) is 1.92. The predicted octanol–water partition coefficient (Wildman–Crippen LogP) is 2.51. The lowest BCUT2D eigenvalue weighted by molar-refractivity contribution is -0.862. The zero-order valence-electron chi connectivity index (χ0n) is 17.7. The molecule has 1 fully saturated rings. The van der Waals surface area contributed by atoms with Crippen LogP contribution in [0.5, 0.6) is 0 Å². The Morgan fingerprint density at radius 2 is 1.79 bits per heavy atom. The van der Waals surface area contributed by atoms with Crippen LogP contribution in [0, 0.1) is 20.8 Å². The van der Waals surface area contributed by atoms with Crippen molar-refractivity contribution in [2.45, 2.75) is 65.3 Å². The second kappa shape index (κ2) is 8.91. The number of likely N-dealkylation sites (N-methyl/N-ethyl adjacent to an activating group) is 1. The molecule has 0 radical (unpaired) electrons. The van der Waals surface area contributed by atoms with Gasteiger partial charge in [-0.25, -0.2) is 0 Å². The summed E-state index contributed by atoms with van der Waals surface area (Å²) in [5.74, 6) is 0.110. The maximum absolute atomic E-state index is 13.0. The normalized spacial score (nSPS) is 17.6. The second-order valence-electron chi connectivity index (χ2n) is 8.57. The molecule has 1 atom stereocenters. The quantitative estimate of drug-likeness (QED) is 0.759. The molecule has 2 aliphatic carbocycles. The first-order valence-electron chi connectivity index (χ1n) is 10.5. The van der Waals surface area contributed by atoms with E-state index < -0.39 is 0 Å². The minimum absolute atomic E-state index is 0.0461. The van der Waals surface area contributed by atoms with Crippen molar-refractivity contribution < 1.29 is 14.5 Å². The minimum atomic E-state index is -0.0461. The average molecular weight is 385 g/mol. The standard InChI is InChI=1S/C23H33N3O2/c1-16-12-17(2)23(18(3)13-16)24-21(27)14-25(4)15-22(28)26(20-10-11-20)19-8-6-5-7-9-19/h8,12-13,20H,5-7,9-11,14-15H2,1-4H3,(H,24,27)/p+1. The zero-order valence-corrected chi connectivity index (χ0v) is 17.7. The van der Waals surface area contributed by atoms with Crippen molar-refractivity contribution in [3.63, 3.8) is 0 Å². The summed E-state index contributed by atoms with van der Waals surface area (Å²) in [4.78, 5) is 28.5. The summed E-state index contributed by atoms with van der Waals surface area (Å²) in [5, 5.41) is 3.04. The van der Waals surface area contributed by atoms with Gasteiger partial charge >= 0.3 is 0 Å². The van der Waals surface area contributed by atoms with Crippen LogP contribution in [0.4, 0.5) is 5.69 Å². The van der Waals surface area contributed by atoms with E-state index >= 15 is 0 Å². The van der Waals surface area contributed by atoms with Crippen molar-refractivity contribution in [3.05, 3.63) is 40.6 Å². The van der Waals surface area contributed by atoms with Crippen molar-refractivity contribution in [2.75, 3.05) is 25.5 Å². The number of anilines is 1. The van der Waals surface area contributed by atoms with Gasteiger partial charge in [-0.15, -0.1) is 0 Å². The largest absolute Gasteiger partial charge is 0.322 e. The van der Waals surface area contributed by atoms with Crippen LogP contribution in [0.2, 0.25) is 0 Å². The van der Waals surface area contributed by atoms with Crippen LogP contribution in [0.25, 0.3) is 0 Å². The van der Waals surface area contributed by atoms with Gasteiger partial charge in [0, 0.05) is 17.4 Å². The molecule has 0 spiro atoms. The van der Waals surface area contributed by atoms with E-state index in [2.05, 4.69) is 30.4 Å². The SMILES string of the molecule is Cc1cc(C)c(NC(=O)C[NH+](C)CC(=O)N(C2=CCCCC2)C2CC2)c(C)c1. The van der Waals surface area contributed by atoms with Crippen molar-refractivity contribution in [1.82, 2.24) is 4.90 Å². The van der Waals surface area contributed by atoms with E-state index in [4.69, 9.17) is 0 Å². The van der Waals surface area contributed by atoms with Crippen molar-refractivity contribution >= 4 is 17.5 Å². The number of hydrogen-bond acceptors (Lipinski definition) is 2. The predicted molar refractivity (Wildman–Crippen MR) is 112 cm³/mol. The Hall–Kier alpha value is -2.14. The monoisotopic (exact) mass is 384 g/mol. The molecule has 2 aliphatic rings. The third-order valence-corrected chi connectivity index (χ3v) is 5.61. The number of aryl methyl sites for hydroxylation is 3. The smallest absolute Gasteiger partial charge is 0.282 e. The van der Waals surface area contributed by atoms with Crippen molar-refractivity contribution in [3.8, 4) is 0 Å². The summed E-state index contributed by atoms with van der Waals surface area (Å²) >= 11 is 0. The third-order valence-electron chi connectivity index (χ3n) is 5.61. The van der Waals surface area contributed by atoms with Crippen LogP contribution in [0.3, 0.4) is 0 Å². The molecule has 1 saturated carbocycles. The summed E-state index contributed by atoms with van der Waals surface area (Å²) in [6.07, 6.45) is 8.93. The van der Waals surface area contributed by atoms with Crippen LogP contribution < -0.4 is 10.2 Å². The average Bonchev–Trinajstić information content (AvgIpc) is 3.44. The number of carbonyl (C=O) groups is 2. The highest BCUT2D eigenvalue weighted by molar-refractivity contribution is 5.93. The molecule has 2 amide bonds. The maximum Gasteiger partial charge on any atom is 0.282 e.